The Morgan fingerprint density at radius 3 is 2.22 bits per heavy atom. The van der Waals surface area contributed by atoms with E-state index >= 15 is 0 Å². The number of hydrogen-bond acceptors (Lipinski definition) is 2. The van der Waals surface area contributed by atoms with Crippen LogP contribution in [0.15, 0.2) is 24.3 Å². The van der Waals surface area contributed by atoms with Gasteiger partial charge in [-0.05, 0) is 73.6 Å². The van der Waals surface area contributed by atoms with Crippen molar-refractivity contribution in [3.8, 4) is 5.75 Å². The molecule has 0 spiro atoms. The highest BCUT2D eigenvalue weighted by atomic mass is 16.5. The Morgan fingerprint density at radius 1 is 1.06 bits per heavy atom. The van der Waals surface area contributed by atoms with E-state index in [1.54, 1.807) is 7.11 Å². The van der Waals surface area contributed by atoms with Crippen molar-refractivity contribution in [3.05, 3.63) is 29.8 Å². The fraction of sp³-hybridized carbons (Fsp3) is 0.625. The van der Waals surface area contributed by atoms with Gasteiger partial charge >= 0.3 is 0 Å². The lowest BCUT2D eigenvalue weighted by Gasteiger charge is -2.48. The van der Waals surface area contributed by atoms with E-state index in [0.717, 1.165) is 24.1 Å². The number of ether oxygens (including phenoxy) is 1. The second-order valence-electron chi connectivity index (χ2n) is 5.87. The van der Waals surface area contributed by atoms with Crippen molar-refractivity contribution < 1.29 is 4.74 Å². The summed E-state index contributed by atoms with van der Waals surface area (Å²) in [7, 11) is 1.72. The summed E-state index contributed by atoms with van der Waals surface area (Å²) in [6, 6.07) is 8.66. The third-order valence-corrected chi connectivity index (χ3v) is 5.16. The van der Waals surface area contributed by atoms with Gasteiger partial charge in [0, 0.05) is 0 Å². The van der Waals surface area contributed by atoms with E-state index in [-0.39, 0.29) is 0 Å². The van der Waals surface area contributed by atoms with E-state index in [4.69, 9.17) is 10.5 Å². The van der Waals surface area contributed by atoms with Crippen LogP contribution in [0.1, 0.15) is 37.2 Å². The van der Waals surface area contributed by atoms with Gasteiger partial charge in [-0.25, -0.2) is 0 Å². The molecule has 0 unspecified atom stereocenters. The number of nitrogens with two attached hydrogens (primary N) is 1. The first kappa shape index (κ1) is 12.0. The third kappa shape index (κ3) is 1.93. The number of fused-ring (bicyclic) bond motifs is 3. The molecule has 98 valence electrons. The van der Waals surface area contributed by atoms with Crippen LogP contribution < -0.4 is 10.5 Å². The minimum absolute atomic E-state index is 0.688. The summed E-state index contributed by atoms with van der Waals surface area (Å²) >= 11 is 0. The molecule has 2 nitrogen and oxygen atoms in total. The first-order chi connectivity index (χ1) is 8.83. The van der Waals surface area contributed by atoms with Gasteiger partial charge in [-0.1, -0.05) is 12.1 Å². The maximum absolute atomic E-state index is 6.05. The van der Waals surface area contributed by atoms with Gasteiger partial charge in [-0.15, -0.1) is 0 Å². The molecule has 0 amide bonds. The lowest BCUT2D eigenvalue weighted by molar-refractivity contribution is 0.0731. The van der Waals surface area contributed by atoms with Gasteiger partial charge in [-0.3, -0.25) is 0 Å². The summed E-state index contributed by atoms with van der Waals surface area (Å²) < 4.78 is 5.25. The molecular formula is C16H23NO. The topological polar surface area (TPSA) is 35.2 Å². The minimum atomic E-state index is 0.688. The maximum Gasteiger partial charge on any atom is 0.118 e. The molecule has 1 aromatic rings. The number of methoxy groups -OCH3 is 1. The first-order valence-corrected chi connectivity index (χ1v) is 7.17. The van der Waals surface area contributed by atoms with Gasteiger partial charge < -0.3 is 10.5 Å². The Bertz CT molecular complexity index is 392. The molecule has 0 heterocycles. The lowest BCUT2D eigenvalue weighted by Crippen LogP contribution is -2.42. The monoisotopic (exact) mass is 245 g/mol. The lowest BCUT2D eigenvalue weighted by atomic mass is 9.57. The fourth-order valence-corrected chi connectivity index (χ4v) is 4.26. The Hall–Kier alpha value is -1.02. The van der Waals surface area contributed by atoms with E-state index in [1.807, 2.05) is 0 Å². The molecule has 3 saturated carbocycles. The van der Waals surface area contributed by atoms with Crippen molar-refractivity contribution in [2.45, 2.75) is 31.6 Å². The fourth-order valence-electron chi connectivity index (χ4n) is 4.26. The molecule has 0 saturated heterocycles. The van der Waals surface area contributed by atoms with Crippen LogP contribution in [0.25, 0.3) is 0 Å². The van der Waals surface area contributed by atoms with Crippen LogP contribution in [0.4, 0.5) is 0 Å². The van der Waals surface area contributed by atoms with Crippen molar-refractivity contribution in [1.82, 2.24) is 0 Å². The van der Waals surface area contributed by atoms with E-state index in [9.17, 15) is 0 Å². The summed E-state index contributed by atoms with van der Waals surface area (Å²) in [5, 5.41) is 0. The molecular weight excluding hydrogens is 222 g/mol. The van der Waals surface area contributed by atoms with Crippen LogP contribution >= 0.6 is 0 Å². The zero-order chi connectivity index (χ0) is 12.5. The summed E-state index contributed by atoms with van der Waals surface area (Å²) in [4.78, 5) is 0. The largest absolute Gasteiger partial charge is 0.497 e. The van der Waals surface area contributed by atoms with Crippen molar-refractivity contribution in [3.63, 3.8) is 0 Å². The van der Waals surface area contributed by atoms with Gasteiger partial charge in [0.1, 0.15) is 5.75 Å². The summed E-state index contributed by atoms with van der Waals surface area (Å²) in [5.41, 5.74) is 7.52. The third-order valence-electron chi connectivity index (χ3n) is 5.16. The molecule has 0 radical (unpaired) electrons. The Balaban J connectivity index is 1.88. The maximum atomic E-state index is 6.05. The highest BCUT2D eigenvalue weighted by Gasteiger charge is 2.43. The molecule has 0 aliphatic heterocycles. The van der Waals surface area contributed by atoms with Crippen LogP contribution in [0.3, 0.4) is 0 Å². The smallest absolute Gasteiger partial charge is 0.118 e. The second kappa shape index (κ2) is 4.93. The highest BCUT2D eigenvalue weighted by molar-refractivity contribution is 5.31. The molecule has 3 fully saturated rings. The van der Waals surface area contributed by atoms with Crippen LogP contribution in [0.2, 0.25) is 0 Å². The Morgan fingerprint density at radius 2 is 1.67 bits per heavy atom. The average molecular weight is 245 g/mol. The first-order valence-electron chi connectivity index (χ1n) is 7.17. The van der Waals surface area contributed by atoms with E-state index in [0.29, 0.717) is 11.8 Å². The molecule has 4 rings (SSSR count). The number of benzene rings is 1. The van der Waals surface area contributed by atoms with E-state index < -0.39 is 0 Å². The molecule has 2 heteroatoms. The van der Waals surface area contributed by atoms with Gasteiger partial charge in [0.2, 0.25) is 0 Å². The predicted octanol–water partition coefficient (Wildman–Crippen LogP) is 3.17. The van der Waals surface area contributed by atoms with E-state index in [2.05, 4.69) is 24.3 Å². The highest BCUT2D eigenvalue weighted by Crippen LogP contribution is 2.52. The molecule has 3 aliphatic rings. The number of hydrogen-bond donors (Lipinski definition) is 1. The molecule has 2 atom stereocenters. The van der Waals surface area contributed by atoms with Gasteiger partial charge in [-0.2, -0.15) is 0 Å². The van der Waals surface area contributed by atoms with Crippen molar-refractivity contribution in [2.75, 3.05) is 13.7 Å². The minimum Gasteiger partial charge on any atom is -0.497 e. The zero-order valence-electron chi connectivity index (χ0n) is 11.1. The predicted molar refractivity (Wildman–Crippen MR) is 73.7 cm³/mol. The molecule has 2 bridgehead atoms. The number of rotatable bonds is 3. The molecule has 0 aromatic heterocycles. The summed E-state index contributed by atoms with van der Waals surface area (Å²) in [6.45, 7) is 0.845. The summed E-state index contributed by atoms with van der Waals surface area (Å²) in [6.07, 6.45) is 5.61. The Kier molecular flexibility index (Phi) is 3.29. The quantitative estimate of drug-likeness (QED) is 0.887. The molecule has 3 aliphatic carbocycles. The standard InChI is InChI=1S/C16H23NO/c1-18-14-8-6-13(7-9-14)16-12-4-2-11(3-5-12)15(16)10-17/h6-9,11-12,15-16H,2-5,10,17H2,1H3/t11?,12?,15-,16-/m1/s1. The Labute approximate surface area is 110 Å². The van der Waals surface area contributed by atoms with Gasteiger partial charge in [0.15, 0.2) is 0 Å². The molecule has 18 heavy (non-hydrogen) atoms. The van der Waals surface area contributed by atoms with E-state index in [1.165, 1.54) is 31.2 Å². The second-order valence-corrected chi connectivity index (χ2v) is 5.87. The zero-order valence-corrected chi connectivity index (χ0v) is 11.1. The van der Waals surface area contributed by atoms with Crippen LogP contribution in [-0.2, 0) is 0 Å². The average Bonchev–Trinajstić information content (AvgIpc) is 2.47. The van der Waals surface area contributed by atoms with Crippen LogP contribution in [0, 0.1) is 17.8 Å². The van der Waals surface area contributed by atoms with Crippen molar-refractivity contribution >= 4 is 0 Å². The SMILES string of the molecule is COc1ccc([C@H]2C3CCC(CC3)[C@H]2CN)cc1. The van der Waals surface area contributed by atoms with Gasteiger partial charge in [0.25, 0.3) is 0 Å². The van der Waals surface area contributed by atoms with Crippen molar-refractivity contribution in [1.29, 1.82) is 0 Å². The van der Waals surface area contributed by atoms with Gasteiger partial charge in [0.05, 0.1) is 7.11 Å². The van der Waals surface area contributed by atoms with Crippen LogP contribution in [0.5, 0.6) is 5.75 Å². The summed E-state index contributed by atoms with van der Waals surface area (Å²) in [5.74, 6) is 4.06. The molecule has 2 N–H and O–H groups in total. The van der Waals surface area contributed by atoms with Crippen molar-refractivity contribution in [2.24, 2.45) is 23.5 Å². The van der Waals surface area contributed by atoms with Crippen LogP contribution in [-0.4, -0.2) is 13.7 Å². The molecule has 1 aromatic carbocycles. The normalized spacial score (nSPS) is 34.6.